The van der Waals surface area contributed by atoms with E-state index in [2.05, 4.69) is 9.97 Å². The van der Waals surface area contributed by atoms with Gasteiger partial charge in [-0.1, -0.05) is 6.92 Å². The van der Waals surface area contributed by atoms with Gasteiger partial charge >= 0.3 is 5.97 Å². The Hall–Kier alpha value is -1.91. The molecule has 2 rings (SSSR count). The Morgan fingerprint density at radius 1 is 1.60 bits per heavy atom. The van der Waals surface area contributed by atoms with Crippen molar-refractivity contribution in [3.05, 3.63) is 29.8 Å². The minimum Gasteiger partial charge on any atom is -0.481 e. The first-order valence-corrected chi connectivity index (χ1v) is 4.75. The quantitative estimate of drug-likeness (QED) is 0.809. The molecule has 15 heavy (non-hydrogen) atoms. The fourth-order valence-corrected chi connectivity index (χ4v) is 1.59. The number of carboxylic acids is 1. The molecule has 1 N–H and O–H groups in total. The number of fused-ring (bicyclic) bond motifs is 1. The second kappa shape index (κ2) is 3.68. The highest BCUT2D eigenvalue weighted by molar-refractivity contribution is 5.70. The molecule has 2 heterocycles. The Kier molecular flexibility index (Phi) is 2.37. The maximum absolute atomic E-state index is 10.7. The lowest BCUT2D eigenvalue weighted by atomic mass is 10.2. The van der Waals surface area contributed by atoms with Gasteiger partial charge in [0.15, 0.2) is 0 Å². The van der Waals surface area contributed by atoms with E-state index in [9.17, 15) is 4.79 Å². The van der Waals surface area contributed by atoms with E-state index in [4.69, 9.17) is 5.11 Å². The maximum Gasteiger partial charge on any atom is 0.309 e. The molecule has 0 radical (unpaired) electrons. The predicted molar refractivity (Wildman–Crippen MR) is 53.7 cm³/mol. The van der Waals surface area contributed by atoms with Crippen LogP contribution in [0.2, 0.25) is 0 Å². The highest BCUT2D eigenvalue weighted by atomic mass is 16.4. The lowest BCUT2D eigenvalue weighted by Crippen LogP contribution is -2.05. The molecule has 0 spiro atoms. The van der Waals surface area contributed by atoms with Gasteiger partial charge in [-0.25, -0.2) is 9.97 Å². The molecule has 2 aromatic heterocycles. The Bertz CT molecular complexity index is 504. The number of carboxylic acid groups (broad SMARTS) is 1. The standard InChI is InChI=1S/C10H11N3O2/c1-2-7-8(6-9(14)15)13-5-3-4-11-10(13)12-7/h3-5H,2,6H2,1H3,(H,14,15). The number of rotatable bonds is 3. The molecule has 0 bridgehead atoms. The van der Waals surface area contributed by atoms with E-state index in [0.717, 1.165) is 5.69 Å². The number of aliphatic carboxylic acids is 1. The number of aromatic nitrogens is 3. The van der Waals surface area contributed by atoms with Gasteiger partial charge in [0.2, 0.25) is 5.78 Å². The van der Waals surface area contributed by atoms with Crippen LogP contribution in [0.4, 0.5) is 0 Å². The van der Waals surface area contributed by atoms with Crippen molar-refractivity contribution in [2.45, 2.75) is 19.8 Å². The van der Waals surface area contributed by atoms with Gasteiger partial charge in [0.1, 0.15) is 0 Å². The first kappa shape index (κ1) is 9.64. The summed E-state index contributed by atoms with van der Waals surface area (Å²) >= 11 is 0. The largest absolute Gasteiger partial charge is 0.481 e. The molecule has 0 amide bonds. The number of imidazole rings is 1. The first-order chi connectivity index (χ1) is 7.22. The predicted octanol–water partition coefficient (Wildman–Crippen LogP) is 0.919. The molecule has 0 fully saturated rings. The Labute approximate surface area is 86.4 Å². The van der Waals surface area contributed by atoms with E-state index in [-0.39, 0.29) is 6.42 Å². The topological polar surface area (TPSA) is 67.5 Å². The van der Waals surface area contributed by atoms with E-state index < -0.39 is 5.97 Å². The van der Waals surface area contributed by atoms with Crippen LogP contribution in [0.5, 0.6) is 0 Å². The third-order valence-electron chi connectivity index (χ3n) is 2.24. The number of hydrogen-bond donors (Lipinski definition) is 1. The molecular formula is C10H11N3O2. The molecule has 0 saturated carbocycles. The first-order valence-electron chi connectivity index (χ1n) is 4.75. The van der Waals surface area contributed by atoms with Gasteiger partial charge in [-0.05, 0) is 12.5 Å². The van der Waals surface area contributed by atoms with Gasteiger partial charge in [0, 0.05) is 12.4 Å². The number of hydrogen-bond acceptors (Lipinski definition) is 3. The smallest absolute Gasteiger partial charge is 0.309 e. The third-order valence-corrected chi connectivity index (χ3v) is 2.24. The summed E-state index contributed by atoms with van der Waals surface area (Å²) in [5.74, 6) is -0.291. The normalized spacial score (nSPS) is 10.7. The molecule has 0 aliphatic rings. The van der Waals surface area contributed by atoms with Crippen LogP contribution in [-0.4, -0.2) is 25.4 Å². The van der Waals surface area contributed by atoms with Crippen molar-refractivity contribution >= 4 is 11.7 Å². The van der Waals surface area contributed by atoms with Crippen molar-refractivity contribution in [2.75, 3.05) is 0 Å². The maximum atomic E-state index is 10.7. The van der Waals surface area contributed by atoms with Crippen LogP contribution in [-0.2, 0) is 17.6 Å². The molecule has 0 unspecified atom stereocenters. The van der Waals surface area contributed by atoms with Crippen LogP contribution in [0.1, 0.15) is 18.3 Å². The SMILES string of the molecule is CCc1nc2ncccn2c1CC(=O)O. The average molecular weight is 205 g/mol. The summed E-state index contributed by atoms with van der Waals surface area (Å²) in [6.07, 6.45) is 4.13. The summed E-state index contributed by atoms with van der Waals surface area (Å²) in [4.78, 5) is 19.1. The van der Waals surface area contributed by atoms with Crippen molar-refractivity contribution < 1.29 is 9.90 Å². The van der Waals surface area contributed by atoms with Crippen LogP contribution in [0.15, 0.2) is 18.5 Å². The summed E-state index contributed by atoms with van der Waals surface area (Å²) in [5, 5.41) is 8.80. The van der Waals surface area contributed by atoms with E-state index in [1.165, 1.54) is 0 Å². The van der Waals surface area contributed by atoms with E-state index in [1.807, 2.05) is 6.92 Å². The van der Waals surface area contributed by atoms with Crippen molar-refractivity contribution in [1.82, 2.24) is 14.4 Å². The minimum atomic E-state index is -0.852. The Balaban J connectivity index is 2.61. The van der Waals surface area contributed by atoms with Crippen LogP contribution in [0.3, 0.4) is 0 Å². The molecule has 0 atom stereocenters. The highest BCUT2D eigenvalue weighted by Gasteiger charge is 2.13. The number of aryl methyl sites for hydroxylation is 1. The van der Waals surface area contributed by atoms with Crippen molar-refractivity contribution in [1.29, 1.82) is 0 Å². The molecule has 2 aromatic rings. The zero-order valence-corrected chi connectivity index (χ0v) is 8.34. The van der Waals surface area contributed by atoms with E-state index in [0.29, 0.717) is 17.9 Å². The third kappa shape index (κ3) is 1.68. The summed E-state index contributed by atoms with van der Waals surface area (Å²) in [5.41, 5.74) is 1.52. The molecule has 5 nitrogen and oxygen atoms in total. The van der Waals surface area contributed by atoms with Gasteiger partial charge in [0.25, 0.3) is 0 Å². The van der Waals surface area contributed by atoms with Crippen molar-refractivity contribution in [3.63, 3.8) is 0 Å². The fourth-order valence-electron chi connectivity index (χ4n) is 1.59. The molecular weight excluding hydrogens is 194 g/mol. The number of nitrogens with zero attached hydrogens (tertiary/aromatic N) is 3. The summed E-state index contributed by atoms with van der Waals surface area (Å²) in [6, 6.07) is 1.76. The lowest BCUT2D eigenvalue weighted by molar-refractivity contribution is -0.136. The fraction of sp³-hybridized carbons (Fsp3) is 0.300. The number of carbonyl (C=O) groups is 1. The van der Waals surface area contributed by atoms with E-state index in [1.54, 1.807) is 22.9 Å². The van der Waals surface area contributed by atoms with E-state index >= 15 is 0 Å². The Morgan fingerprint density at radius 3 is 3.07 bits per heavy atom. The summed E-state index contributed by atoms with van der Waals surface area (Å²) in [6.45, 7) is 1.95. The van der Waals surface area contributed by atoms with Crippen LogP contribution in [0, 0.1) is 0 Å². The summed E-state index contributed by atoms with van der Waals surface area (Å²) in [7, 11) is 0. The molecule has 0 saturated heterocycles. The molecule has 78 valence electrons. The Morgan fingerprint density at radius 2 is 2.40 bits per heavy atom. The van der Waals surface area contributed by atoms with Crippen LogP contribution < -0.4 is 0 Å². The second-order valence-corrected chi connectivity index (χ2v) is 3.22. The van der Waals surface area contributed by atoms with Crippen molar-refractivity contribution in [3.8, 4) is 0 Å². The minimum absolute atomic E-state index is 0.0178. The van der Waals surface area contributed by atoms with Gasteiger partial charge in [-0.2, -0.15) is 0 Å². The zero-order valence-electron chi connectivity index (χ0n) is 8.34. The average Bonchev–Trinajstić information content (AvgIpc) is 2.56. The van der Waals surface area contributed by atoms with Crippen LogP contribution >= 0.6 is 0 Å². The molecule has 0 aromatic carbocycles. The second-order valence-electron chi connectivity index (χ2n) is 3.22. The van der Waals surface area contributed by atoms with Gasteiger partial charge in [0.05, 0.1) is 17.8 Å². The van der Waals surface area contributed by atoms with Crippen molar-refractivity contribution in [2.24, 2.45) is 0 Å². The monoisotopic (exact) mass is 205 g/mol. The highest BCUT2D eigenvalue weighted by Crippen LogP contribution is 2.12. The molecule has 5 heteroatoms. The summed E-state index contributed by atoms with van der Waals surface area (Å²) < 4.78 is 1.73. The van der Waals surface area contributed by atoms with Gasteiger partial charge in [-0.3, -0.25) is 9.20 Å². The molecule has 0 aliphatic carbocycles. The zero-order chi connectivity index (χ0) is 10.8. The van der Waals surface area contributed by atoms with Gasteiger partial charge in [-0.15, -0.1) is 0 Å². The van der Waals surface area contributed by atoms with Crippen LogP contribution in [0.25, 0.3) is 5.78 Å². The lowest BCUT2D eigenvalue weighted by Gasteiger charge is -1.99. The molecule has 0 aliphatic heterocycles. The van der Waals surface area contributed by atoms with Gasteiger partial charge < -0.3 is 5.11 Å².